The first-order chi connectivity index (χ1) is 6.33. The molecule has 1 aromatic rings. The number of benzene rings is 1. The van der Waals surface area contributed by atoms with Gasteiger partial charge in [0, 0.05) is 5.56 Å². The molecule has 0 spiro atoms. The molecule has 66 valence electrons. The third-order valence-corrected chi connectivity index (χ3v) is 1.45. The minimum atomic E-state index is -0.349. The highest BCUT2D eigenvalue weighted by Crippen LogP contribution is 1.95. The van der Waals surface area contributed by atoms with Crippen LogP contribution in [0.25, 0.3) is 0 Å². The van der Waals surface area contributed by atoms with E-state index in [9.17, 15) is 4.79 Å². The van der Waals surface area contributed by atoms with Gasteiger partial charge in [-0.25, -0.2) is 0 Å². The summed E-state index contributed by atoms with van der Waals surface area (Å²) in [4.78, 5) is 9.94. The molecule has 2 nitrogen and oxygen atoms in total. The number of ether oxygens (including phenoxy) is 1. The summed E-state index contributed by atoms with van der Waals surface area (Å²) < 4.78 is 4.61. The first-order valence-corrected chi connectivity index (χ1v) is 3.98. The Bertz CT molecular complexity index is 319. The predicted octanol–water partition coefficient (Wildman–Crippen LogP) is 1.60. The van der Waals surface area contributed by atoms with Crippen LogP contribution in [-0.2, 0) is 9.53 Å². The molecule has 0 N–H and O–H groups in total. The van der Waals surface area contributed by atoms with Crippen molar-refractivity contribution in [2.45, 2.75) is 13.0 Å². The highest BCUT2D eigenvalue weighted by Gasteiger charge is 1.92. The van der Waals surface area contributed by atoms with Crippen LogP contribution in [0.4, 0.5) is 0 Å². The van der Waals surface area contributed by atoms with Gasteiger partial charge in [0.2, 0.25) is 0 Å². The Balaban J connectivity index is 2.62. The van der Waals surface area contributed by atoms with E-state index in [0.29, 0.717) is 6.47 Å². The zero-order valence-corrected chi connectivity index (χ0v) is 7.36. The topological polar surface area (TPSA) is 26.3 Å². The smallest absolute Gasteiger partial charge is 0.294 e. The van der Waals surface area contributed by atoms with Crippen LogP contribution in [0.5, 0.6) is 0 Å². The van der Waals surface area contributed by atoms with Crippen molar-refractivity contribution in [3.63, 3.8) is 0 Å². The first-order valence-electron chi connectivity index (χ1n) is 3.98. The van der Waals surface area contributed by atoms with Crippen LogP contribution in [0.2, 0.25) is 0 Å². The van der Waals surface area contributed by atoms with Gasteiger partial charge in [0.05, 0.1) is 0 Å². The molecule has 0 aliphatic rings. The molecule has 1 unspecified atom stereocenters. The second-order valence-electron chi connectivity index (χ2n) is 2.51. The minimum Gasteiger partial charge on any atom is -0.452 e. The lowest BCUT2D eigenvalue weighted by molar-refractivity contribution is -0.130. The fourth-order valence-corrected chi connectivity index (χ4v) is 0.824. The van der Waals surface area contributed by atoms with E-state index in [1.165, 1.54) is 0 Å². The van der Waals surface area contributed by atoms with Crippen LogP contribution in [0.1, 0.15) is 12.5 Å². The highest BCUT2D eigenvalue weighted by atomic mass is 16.5. The summed E-state index contributed by atoms with van der Waals surface area (Å²) in [6.07, 6.45) is -0.349. The summed E-state index contributed by atoms with van der Waals surface area (Å²) in [5.74, 6) is 5.69. The zero-order chi connectivity index (χ0) is 9.52. The van der Waals surface area contributed by atoms with Crippen LogP contribution < -0.4 is 0 Å². The predicted molar refractivity (Wildman–Crippen MR) is 49.9 cm³/mol. The molecule has 0 saturated carbocycles. The normalized spacial score (nSPS) is 10.8. The number of carbonyl (C=O) groups is 1. The van der Waals surface area contributed by atoms with Crippen LogP contribution in [-0.4, -0.2) is 12.6 Å². The van der Waals surface area contributed by atoms with E-state index < -0.39 is 0 Å². The molecule has 0 aliphatic heterocycles. The Morgan fingerprint density at radius 3 is 2.69 bits per heavy atom. The first kappa shape index (κ1) is 9.34. The molecule has 0 heterocycles. The van der Waals surface area contributed by atoms with Gasteiger partial charge in [0.15, 0.2) is 6.10 Å². The van der Waals surface area contributed by atoms with E-state index in [1.807, 2.05) is 30.3 Å². The fraction of sp³-hybridized carbons (Fsp3) is 0.182. The highest BCUT2D eigenvalue weighted by molar-refractivity contribution is 5.39. The van der Waals surface area contributed by atoms with Crippen molar-refractivity contribution >= 4 is 6.47 Å². The molecule has 0 bridgehead atoms. The van der Waals surface area contributed by atoms with Gasteiger partial charge in [0.1, 0.15) is 0 Å². The maximum Gasteiger partial charge on any atom is 0.294 e. The van der Waals surface area contributed by atoms with Gasteiger partial charge in [-0.15, -0.1) is 0 Å². The monoisotopic (exact) mass is 174 g/mol. The summed E-state index contributed by atoms with van der Waals surface area (Å²) in [7, 11) is 0. The molecule has 0 radical (unpaired) electrons. The van der Waals surface area contributed by atoms with Crippen molar-refractivity contribution in [1.29, 1.82) is 0 Å². The summed E-state index contributed by atoms with van der Waals surface area (Å²) in [5, 5.41) is 0. The van der Waals surface area contributed by atoms with Crippen molar-refractivity contribution in [2.75, 3.05) is 0 Å². The minimum absolute atomic E-state index is 0.349. The van der Waals surface area contributed by atoms with Crippen LogP contribution in [0, 0.1) is 11.8 Å². The number of hydrogen-bond donors (Lipinski definition) is 0. The third-order valence-electron chi connectivity index (χ3n) is 1.45. The molecular weight excluding hydrogens is 164 g/mol. The Labute approximate surface area is 77.5 Å². The lowest BCUT2D eigenvalue weighted by Crippen LogP contribution is -2.02. The van der Waals surface area contributed by atoms with Gasteiger partial charge < -0.3 is 4.74 Å². The van der Waals surface area contributed by atoms with Crippen molar-refractivity contribution in [3.05, 3.63) is 35.9 Å². The van der Waals surface area contributed by atoms with Gasteiger partial charge in [-0.2, -0.15) is 0 Å². The molecule has 1 rings (SSSR count). The van der Waals surface area contributed by atoms with E-state index in [2.05, 4.69) is 16.6 Å². The molecule has 0 amide bonds. The van der Waals surface area contributed by atoms with Gasteiger partial charge in [-0.1, -0.05) is 30.0 Å². The van der Waals surface area contributed by atoms with Crippen LogP contribution in [0.15, 0.2) is 30.3 Å². The molecular formula is C11H10O2. The second kappa shape index (κ2) is 5.00. The Morgan fingerprint density at radius 1 is 1.38 bits per heavy atom. The maximum atomic E-state index is 9.94. The van der Waals surface area contributed by atoms with E-state index in [-0.39, 0.29) is 6.10 Å². The van der Waals surface area contributed by atoms with Crippen LogP contribution >= 0.6 is 0 Å². The van der Waals surface area contributed by atoms with Crippen LogP contribution in [0.3, 0.4) is 0 Å². The Morgan fingerprint density at radius 2 is 2.08 bits per heavy atom. The van der Waals surface area contributed by atoms with Crippen molar-refractivity contribution in [3.8, 4) is 11.8 Å². The van der Waals surface area contributed by atoms with Crippen molar-refractivity contribution in [2.24, 2.45) is 0 Å². The lowest BCUT2D eigenvalue weighted by atomic mass is 10.2. The van der Waals surface area contributed by atoms with Gasteiger partial charge in [-0.05, 0) is 19.1 Å². The Hall–Kier alpha value is -1.75. The molecule has 13 heavy (non-hydrogen) atoms. The standard InChI is InChI=1S/C11H10O2/c1-10(13-9-12)7-8-11-5-3-2-4-6-11/h2-6,9-10H,1H3. The number of carbonyl (C=O) groups excluding carboxylic acids is 1. The zero-order valence-electron chi connectivity index (χ0n) is 7.36. The largest absolute Gasteiger partial charge is 0.452 e. The van der Waals surface area contributed by atoms with Crippen molar-refractivity contribution < 1.29 is 9.53 Å². The molecule has 0 aliphatic carbocycles. The maximum absolute atomic E-state index is 9.94. The van der Waals surface area contributed by atoms with Gasteiger partial charge >= 0.3 is 0 Å². The van der Waals surface area contributed by atoms with Gasteiger partial charge in [-0.3, -0.25) is 4.79 Å². The van der Waals surface area contributed by atoms with Gasteiger partial charge in [0.25, 0.3) is 6.47 Å². The lowest BCUT2D eigenvalue weighted by Gasteiger charge is -1.97. The molecule has 1 aromatic carbocycles. The quantitative estimate of drug-likeness (QED) is 0.503. The van der Waals surface area contributed by atoms with E-state index in [4.69, 9.17) is 0 Å². The van der Waals surface area contributed by atoms with E-state index in [0.717, 1.165) is 5.56 Å². The summed E-state index contributed by atoms with van der Waals surface area (Å²) in [5.41, 5.74) is 0.920. The summed E-state index contributed by atoms with van der Waals surface area (Å²) >= 11 is 0. The molecule has 1 atom stereocenters. The SMILES string of the molecule is CC(C#Cc1ccccc1)OC=O. The molecule has 0 fully saturated rings. The summed E-state index contributed by atoms with van der Waals surface area (Å²) in [6.45, 7) is 2.13. The number of rotatable bonds is 2. The molecule has 0 aromatic heterocycles. The molecule has 0 saturated heterocycles. The Kier molecular flexibility index (Phi) is 3.59. The van der Waals surface area contributed by atoms with E-state index >= 15 is 0 Å². The summed E-state index contributed by atoms with van der Waals surface area (Å²) in [6, 6.07) is 9.56. The van der Waals surface area contributed by atoms with E-state index in [1.54, 1.807) is 6.92 Å². The molecule has 2 heteroatoms. The average molecular weight is 174 g/mol. The van der Waals surface area contributed by atoms with Crippen molar-refractivity contribution in [1.82, 2.24) is 0 Å². The average Bonchev–Trinajstić information content (AvgIpc) is 2.17. The third kappa shape index (κ3) is 3.44. The number of hydrogen-bond acceptors (Lipinski definition) is 2. The fourth-order valence-electron chi connectivity index (χ4n) is 0.824. The second-order valence-corrected chi connectivity index (χ2v) is 2.51.